The van der Waals surface area contributed by atoms with Gasteiger partial charge in [-0.05, 0) is 29.1 Å². The maximum atomic E-state index is 4.69. The van der Waals surface area contributed by atoms with Gasteiger partial charge < -0.3 is 0 Å². The van der Waals surface area contributed by atoms with Crippen molar-refractivity contribution >= 4 is 5.71 Å². The second kappa shape index (κ2) is 6.39. The first-order chi connectivity index (χ1) is 8.04. The van der Waals surface area contributed by atoms with Crippen molar-refractivity contribution in [3.8, 4) is 0 Å². The van der Waals surface area contributed by atoms with Gasteiger partial charge in [0.1, 0.15) is 0 Å². The lowest BCUT2D eigenvalue weighted by Crippen LogP contribution is -2.08. The van der Waals surface area contributed by atoms with Gasteiger partial charge in [0.2, 0.25) is 0 Å². The Morgan fingerprint density at radius 3 is 2.47 bits per heavy atom. The molecule has 0 saturated heterocycles. The minimum absolute atomic E-state index is 0.542. The molecule has 0 amide bonds. The normalized spacial score (nSPS) is 20.5. The van der Waals surface area contributed by atoms with Crippen LogP contribution in [0.1, 0.15) is 27.7 Å². The van der Waals surface area contributed by atoms with Crippen LogP contribution in [0.25, 0.3) is 0 Å². The topological polar surface area (TPSA) is 12.4 Å². The lowest BCUT2D eigenvalue weighted by molar-refractivity contribution is 0.666. The molecular formula is C16H23N. The van der Waals surface area contributed by atoms with Crippen molar-refractivity contribution in [2.75, 3.05) is 6.54 Å². The fourth-order valence-corrected chi connectivity index (χ4v) is 1.61. The molecule has 0 radical (unpaired) electrons. The number of hydrogen-bond acceptors (Lipinski definition) is 1. The predicted molar refractivity (Wildman–Crippen MR) is 77.5 cm³/mol. The van der Waals surface area contributed by atoms with E-state index in [0.29, 0.717) is 11.8 Å². The zero-order chi connectivity index (χ0) is 12.8. The standard InChI is InChI=1S/C16H23N/c1-6-7-14-8-9-15(13(4)5)10-16(14)17-11-12(2)3/h6-10,12-13H,1,11H2,2-5H3/b14-7-,17-16?. The highest BCUT2D eigenvalue weighted by Crippen LogP contribution is 2.20. The highest BCUT2D eigenvalue weighted by Gasteiger charge is 2.10. The lowest BCUT2D eigenvalue weighted by Gasteiger charge is -2.15. The molecule has 0 bridgehead atoms. The first kappa shape index (κ1) is 13.7. The molecular weight excluding hydrogens is 206 g/mol. The van der Waals surface area contributed by atoms with E-state index in [-0.39, 0.29) is 0 Å². The van der Waals surface area contributed by atoms with Gasteiger partial charge in [-0.2, -0.15) is 0 Å². The average Bonchev–Trinajstić information content (AvgIpc) is 2.27. The summed E-state index contributed by atoms with van der Waals surface area (Å²) in [6.45, 7) is 13.4. The summed E-state index contributed by atoms with van der Waals surface area (Å²) in [5, 5.41) is 0. The number of hydrogen-bond donors (Lipinski definition) is 0. The number of allylic oxidation sites excluding steroid dienone is 7. The first-order valence-corrected chi connectivity index (χ1v) is 6.31. The largest absolute Gasteiger partial charge is 0.284 e. The second-order valence-electron chi connectivity index (χ2n) is 5.11. The molecule has 17 heavy (non-hydrogen) atoms. The van der Waals surface area contributed by atoms with Crippen LogP contribution in [0.5, 0.6) is 0 Å². The van der Waals surface area contributed by atoms with Crippen LogP contribution in [0.2, 0.25) is 0 Å². The minimum atomic E-state index is 0.542. The summed E-state index contributed by atoms with van der Waals surface area (Å²) >= 11 is 0. The van der Waals surface area contributed by atoms with Gasteiger partial charge in [-0.1, -0.05) is 58.6 Å². The minimum Gasteiger partial charge on any atom is -0.284 e. The van der Waals surface area contributed by atoms with E-state index in [2.05, 4.69) is 57.5 Å². The van der Waals surface area contributed by atoms with E-state index in [1.165, 1.54) is 5.57 Å². The summed E-state index contributed by atoms with van der Waals surface area (Å²) in [6.07, 6.45) is 10.3. The van der Waals surface area contributed by atoms with Crippen LogP contribution in [0.3, 0.4) is 0 Å². The van der Waals surface area contributed by atoms with Gasteiger partial charge >= 0.3 is 0 Å². The van der Waals surface area contributed by atoms with Gasteiger partial charge in [0.05, 0.1) is 5.71 Å². The SMILES string of the molecule is C=C/C=C1/C=CC(C(C)C)=CC1=NCC(C)C. The zero-order valence-electron chi connectivity index (χ0n) is 11.4. The van der Waals surface area contributed by atoms with Gasteiger partial charge in [0.15, 0.2) is 0 Å². The summed E-state index contributed by atoms with van der Waals surface area (Å²) in [7, 11) is 0. The monoisotopic (exact) mass is 229 g/mol. The quantitative estimate of drug-likeness (QED) is 0.679. The molecule has 1 heteroatoms. The van der Waals surface area contributed by atoms with Crippen molar-refractivity contribution in [2.45, 2.75) is 27.7 Å². The molecule has 1 rings (SSSR count). The molecule has 0 aromatic rings. The first-order valence-electron chi connectivity index (χ1n) is 6.31. The third kappa shape index (κ3) is 4.18. The Balaban J connectivity index is 3.01. The van der Waals surface area contributed by atoms with Crippen LogP contribution in [-0.4, -0.2) is 12.3 Å². The van der Waals surface area contributed by atoms with E-state index in [9.17, 15) is 0 Å². The van der Waals surface area contributed by atoms with Crippen molar-refractivity contribution in [3.63, 3.8) is 0 Å². The Bertz CT molecular complexity index is 390. The maximum absolute atomic E-state index is 4.69. The van der Waals surface area contributed by atoms with Crippen LogP contribution in [-0.2, 0) is 0 Å². The predicted octanol–water partition coefficient (Wildman–Crippen LogP) is 4.35. The molecule has 1 nitrogen and oxygen atoms in total. The van der Waals surface area contributed by atoms with E-state index < -0.39 is 0 Å². The van der Waals surface area contributed by atoms with Crippen molar-refractivity contribution in [1.82, 2.24) is 0 Å². The second-order valence-corrected chi connectivity index (χ2v) is 5.11. The summed E-state index contributed by atoms with van der Waals surface area (Å²) in [5.74, 6) is 1.13. The van der Waals surface area contributed by atoms with E-state index in [1.807, 2.05) is 12.2 Å². The Labute approximate surface area is 105 Å². The Morgan fingerprint density at radius 2 is 1.94 bits per heavy atom. The molecule has 0 aliphatic heterocycles. The van der Waals surface area contributed by atoms with Crippen molar-refractivity contribution < 1.29 is 0 Å². The molecule has 0 fully saturated rings. The number of nitrogens with zero attached hydrogens (tertiary/aromatic N) is 1. The molecule has 0 aromatic carbocycles. The van der Waals surface area contributed by atoms with Gasteiger partial charge in [0.25, 0.3) is 0 Å². The fraction of sp³-hybridized carbons (Fsp3) is 0.438. The summed E-state index contributed by atoms with van der Waals surface area (Å²) in [6, 6.07) is 0. The Morgan fingerprint density at radius 1 is 1.24 bits per heavy atom. The summed E-state index contributed by atoms with van der Waals surface area (Å²) in [5.41, 5.74) is 3.59. The smallest absolute Gasteiger partial charge is 0.0649 e. The summed E-state index contributed by atoms with van der Waals surface area (Å²) < 4.78 is 0. The van der Waals surface area contributed by atoms with E-state index in [0.717, 1.165) is 17.8 Å². The molecule has 0 aromatic heterocycles. The third-order valence-corrected chi connectivity index (χ3v) is 2.65. The molecule has 92 valence electrons. The van der Waals surface area contributed by atoms with Crippen LogP contribution in [0, 0.1) is 11.8 Å². The van der Waals surface area contributed by atoms with Crippen LogP contribution >= 0.6 is 0 Å². The Hall–Kier alpha value is -1.37. The maximum Gasteiger partial charge on any atom is 0.0649 e. The van der Waals surface area contributed by atoms with Gasteiger partial charge in [-0.3, -0.25) is 4.99 Å². The van der Waals surface area contributed by atoms with Crippen LogP contribution in [0.15, 0.2) is 53.1 Å². The summed E-state index contributed by atoms with van der Waals surface area (Å²) in [4.78, 5) is 4.69. The van der Waals surface area contributed by atoms with Crippen molar-refractivity contribution in [2.24, 2.45) is 16.8 Å². The number of aliphatic imine (C=N–C) groups is 1. The Kier molecular flexibility index (Phi) is 5.14. The van der Waals surface area contributed by atoms with Crippen LogP contribution < -0.4 is 0 Å². The van der Waals surface area contributed by atoms with Gasteiger partial charge in [0, 0.05) is 6.54 Å². The van der Waals surface area contributed by atoms with Gasteiger partial charge in [-0.25, -0.2) is 0 Å². The highest BCUT2D eigenvalue weighted by molar-refractivity contribution is 6.12. The fourth-order valence-electron chi connectivity index (χ4n) is 1.61. The van der Waals surface area contributed by atoms with Crippen LogP contribution in [0.4, 0.5) is 0 Å². The number of rotatable bonds is 4. The van der Waals surface area contributed by atoms with E-state index in [1.54, 1.807) is 0 Å². The zero-order valence-corrected chi connectivity index (χ0v) is 11.4. The van der Waals surface area contributed by atoms with Crippen molar-refractivity contribution in [3.05, 3.63) is 48.1 Å². The molecule has 0 N–H and O–H groups in total. The highest BCUT2D eigenvalue weighted by atomic mass is 14.7. The molecule has 0 atom stereocenters. The molecule has 0 unspecified atom stereocenters. The molecule has 0 saturated carbocycles. The molecule has 1 aliphatic rings. The third-order valence-electron chi connectivity index (χ3n) is 2.65. The molecule has 0 heterocycles. The average molecular weight is 229 g/mol. The van der Waals surface area contributed by atoms with E-state index >= 15 is 0 Å². The van der Waals surface area contributed by atoms with Gasteiger partial charge in [-0.15, -0.1) is 0 Å². The molecule has 0 spiro atoms. The van der Waals surface area contributed by atoms with Crippen molar-refractivity contribution in [1.29, 1.82) is 0 Å². The van der Waals surface area contributed by atoms with E-state index in [4.69, 9.17) is 0 Å². The lowest BCUT2D eigenvalue weighted by atomic mass is 9.93. The molecule has 1 aliphatic carbocycles.